The largest absolute Gasteiger partial charge is 0.492 e. The molecule has 7 heteroatoms. The number of ether oxygens (including phenoxy) is 2. The first-order chi connectivity index (χ1) is 15.0. The predicted octanol–water partition coefficient (Wildman–Crippen LogP) is 3.30. The highest BCUT2D eigenvalue weighted by Crippen LogP contribution is 2.26. The molecule has 0 aromatic heterocycles. The van der Waals surface area contributed by atoms with Crippen molar-refractivity contribution in [3.63, 3.8) is 0 Å². The highest BCUT2D eigenvalue weighted by Gasteiger charge is 2.28. The Balaban J connectivity index is 1.64. The lowest BCUT2D eigenvalue weighted by molar-refractivity contribution is -0.0605. The molecule has 0 bridgehead atoms. The lowest BCUT2D eigenvalue weighted by Crippen LogP contribution is -2.50. The lowest BCUT2D eigenvalue weighted by Gasteiger charge is -2.38. The number of morpholine rings is 1. The van der Waals surface area contributed by atoms with Gasteiger partial charge in [-0.1, -0.05) is 30.3 Å². The molecule has 1 heterocycles. The average molecular weight is 429 g/mol. The normalized spacial score (nSPS) is 19.5. The number of nitrogens with zero attached hydrogens (tertiary/aromatic N) is 3. The van der Waals surface area contributed by atoms with Gasteiger partial charge in [-0.3, -0.25) is 4.99 Å². The van der Waals surface area contributed by atoms with Crippen LogP contribution in [0.15, 0.2) is 53.5 Å². The monoisotopic (exact) mass is 428 g/mol. The number of guanidine groups is 1. The third kappa shape index (κ3) is 6.67. The van der Waals surface area contributed by atoms with Crippen molar-refractivity contribution >= 4 is 5.96 Å². The van der Waals surface area contributed by atoms with E-state index in [-0.39, 0.29) is 18.0 Å². The molecule has 0 aliphatic carbocycles. The first kappa shape index (κ1) is 23.0. The predicted molar refractivity (Wildman–Crippen MR) is 122 cm³/mol. The smallest absolute Gasteiger partial charge is 0.194 e. The Morgan fingerprint density at radius 2 is 1.94 bits per heavy atom. The molecule has 2 unspecified atom stereocenters. The van der Waals surface area contributed by atoms with Crippen molar-refractivity contribution in [2.75, 3.05) is 47.4 Å². The summed E-state index contributed by atoms with van der Waals surface area (Å²) in [6.07, 6.45) is -0.103. The summed E-state index contributed by atoms with van der Waals surface area (Å²) in [6, 6.07) is 14.6. The van der Waals surface area contributed by atoms with Gasteiger partial charge in [0.15, 0.2) is 5.96 Å². The fraction of sp³-hybridized carbons (Fsp3) is 0.458. The van der Waals surface area contributed by atoms with Gasteiger partial charge >= 0.3 is 0 Å². The van der Waals surface area contributed by atoms with Crippen molar-refractivity contribution in [3.8, 4) is 5.75 Å². The molecule has 1 aliphatic heterocycles. The zero-order valence-electron chi connectivity index (χ0n) is 18.8. The number of hydrogen-bond acceptors (Lipinski definition) is 4. The molecule has 168 valence electrons. The van der Waals surface area contributed by atoms with E-state index in [2.05, 4.69) is 26.2 Å². The van der Waals surface area contributed by atoms with Gasteiger partial charge in [-0.15, -0.1) is 0 Å². The Bertz CT molecular complexity index is 857. The summed E-state index contributed by atoms with van der Waals surface area (Å²) in [5, 5.41) is 3.47. The minimum absolute atomic E-state index is 0.0315. The maximum atomic E-state index is 13.3. The van der Waals surface area contributed by atoms with Gasteiger partial charge in [-0.05, 0) is 44.8 Å². The molecule has 0 radical (unpaired) electrons. The second-order valence-electron chi connectivity index (χ2n) is 8.05. The molecule has 1 aliphatic rings. The Hall–Kier alpha value is -2.64. The number of nitrogens with one attached hydrogen (secondary N) is 1. The van der Waals surface area contributed by atoms with E-state index in [4.69, 9.17) is 9.47 Å². The van der Waals surface area contributed by atoms with E-state index in [1.807, 2.05) is 39.2 Å². The standard InChI is InChI=1S/C24H33FN4O2/c1-18-16-29(17-23(31-18)19-9-11-21(25)12-10-19)24(26-2)27-15-20-7-5-6-8-22(20)30-14-13-28(3)4/h5-12,18,23H,13-17H2,1-4H3,(H,26,27). The number of para-hydroxylation sites is 1. The summed E-state index contributed by atoms with van der Waals surface area (Å²) in [5.41, 5.74) is 2.05. The first-order valence-corrected chi connectivity index (χ1v) is 10.7. The topological polar surface area (TPSA) is 49.3 Å². The van der Waals surface area contributed by atoms with E-state index < -0.39 is 0 Å². The molecular formula is C24H33FN4O2. The van der Waals surface area contributed by atoms with Crippen molar-refractivity contribution in [3.05, 3.63) is 65.5 Å². The summed E-state index contributed by atoms with van der Waals surface area (Å²) in [4.78, 5) is 8.78. The van der Waals surface area contributed by atoms with Gasteiger partial charge in [0.1, 0.15) is 24.3 Å². The highest BCUT2D eigenvalue weighted by atomic mass is 19.1. The zero-order valence-corrected chi connectivity index (χ0v) is 18.8. The number of halogens is 1. The maximum Gasteiger partial charge on any atom is 0.194 e. The second kappa shape index (κ2) is 11.1. The lowest BCUT2D eigenvalue weighted by atomic mass is 10.1. The van der Waals surface area contributed by atoms with Crippen molar-refractivity contribution in [1.82, 2.24) is 15.1 Å². The minimum Gasteiger partial charge on any atom is -0.492 e. The molecule has 1 N–H and O–H groups in total. The molecule has 0 saturated carbocycles. The van der Waals surface area contributed by atoms with Gasteiger partial charge in [0.25, 0.3) is 0 Å². The summed E-state index contributed by atoms with van der Waals surface area (Å²) in [5.74, 6) is 1.45. The van der Waals surface area contributed by atoms with Crippen LogP contribution >= 0.6 is 0 Å². The SMILES string of the molecule is CN=C(NCc1ccccc1OCCN(C)C)N1CC(C)OC(c2ccc(F)cc2)C1. The van der Waals surface area contributed by atoms with E-state index in [0.717, 1.165) is 35.9 Å². The summed E-state index contributed by atoms with van der Waals surface area (Å²) < 4.78 is 25.4. The molecule has 6 nitrogen and oxygen atoms in total. The number of benzene rings is 2. The molecule has 2 aromatic carbocycles. The number of hydrogen-bond donors (Lipinski definition) is 1. The zero-order chi connectivity index (χ0) is 22.2. The maximum absolute atomic E-state index is 13.3. The van der Waals surface area contributed by atoms with Crippen LogP contribution < -0.4 is 10.1 Å². The molecule has 1 saturated heterocycles. The Labute approximate surface area is 184 Å². The number of rotatable bonds is 7. The van der Waals surface area contributed by atoms with Crippen molar-refractivity contribution < 1.29 is 13.9 Å². The Morgan fingerprint density at radius 1 is 1.19 bits per heavy atom. The summed E-state index contributed by atoms with van der Waals surface area (Å²) in [6.45, 7) is 5.54. The van der Waals surface area contributed by atoms with Crippen molar-refractivity contribution in [2.24, 2.45) is 4.99 Å². The van der Waals surface area contributed by atoms with Crippen LogP contribution in [0.3, 0.4) is 0 Å². The molecule has 3 rings (SSSR count). The van der Waals surface area contributed by atoms with Crippen LogP contribution in [0.2, 0.25) is 0 Å². The van der Waals surface area contributed by atoms with Crippen LogP contribution in [0.5, 0.6) is 5.75 Å². The third-order valence-electron chi connectivity index (χ3n) is 5.22. The summed E-state index contributed by atoms with van der Waals surface area (Å²) >= 11 is 0. The number of aliphatic imine (C=N–C) groups is 1. The number of likely N-dealkylation sites (N-methyl/N-ethyl adjacent to an activating group) is 1. The van der Waals surface area contributed by atoms with Crippen LogP contribution in [-0.4, -0.2) is 69.2 Å². The van der Waals surface area contributed by atoms with Crippen LogP contribution in [0.4, 0.5) is 4.39 Å². The van der Waals surface area contributed by atoms with Gasteiger partial charge in [0.2, 0.25) is 0 Å². The van der Waals surface area contributed by atoms with Gasteiger partial charge in [-0.2, -0.15) is 0 Å². The minimum atomic E-state index is -0.242. The molecule has 31 heavy (non-hydrogen) atoms. The summed E-state index contributed by atoms with van der Waals surface area (Å²) in [7, 11) is 5.85. The van der Waals surface area contributed by atoms with E-state index in [9.17, 15) is 4.39 Å². The van der Waals surface area contributed by atoms with E-state index in [1.165, 1.54) is 12.1 Å². The fourth-order valence-electron chi connectivity index (χ4n) is 3.62. The van der Waals surface area contributed by atoms with Crippen molar-refractivity contribution in [1.29, 1.82) is 0 Å². The van der Waals surface area contributed by atoms with Crippen LogP contribution in [0.25, 0.3) is 0 Å². The van der Waals surface area contributed by atoms with Gasteiger partial charge in [0.05, 0.1) is 12.6 Å². The van der Waals surface area contributed by atoms with E-state index in [0.29, 0.717) is 19.7 Å². The molecule has 0 spiro atoms. The average Bonchev–Trinajstić information content (AvgIpc) is 2.75. The molecule has 1 fully saturated rings. The second-order valence-corrected chi connectivity index (χ2v) is 8.05. The van der Waals surface area contributed by atoms with Gasteiger partial charge in [0, 0.05) is 32.2 Å². The molecule has 0 amide bonds. The van der Waals surface area contributed by atoms with E-state index >= 15 is 0 Å². The van der Waals surface area contributed by atoms with E-state index in [1.54, 1.807) is 19.2 Å². The van der Waals surface area contributed by atoms with Gasteiger partial charge < -0.3 is 24.6 Å². The molecule has 2 aromatic rings. The van der Waals surface area contributed by atoms with Crippen LogP contribution in [0.1, 0.15) is 24.2 Å². The fourth-order valence-corrected chi connectivity index (χ4v) is 3.62. The third-order valence-corrected chi connectivity index (χ3v) is 5.22. The first-order valence-electron chi connectivity index (χ1n) is 10.7. The van der Waals surface area contributed by atoms with Crippen molar-refractivity contribution in [2.45, 2.75) is 25.7 Å². The molecule has 2 atom stereocenters. The quantitative estimate of drug-likeness (QED) is 0.542. The molecular weight excluding hydrogens is 395 g/mol. The Kier molecular flexibility index (Phi) is 8.26. The van der Waals surface area contributed by atoms with Crippen LogP contribution in [0, 0.1) is 5.82 Å². The Morgan fingerprint density at radius 3 is 2.65 bits per heavy atom. The highest BCUT2D eigenvalue weighted by molar-refractivity contribution is 5.80. The van der Waals surface area contributed by atoms with Gasteiger partial charge in [-0.25, -0.2) is 4.39 Å². The van der Waals surface area contributed by atoms with Crippen LogP contribution in [-0.2, 0) is 11.3 Å².